The third kappa shape index (κ3) is 3.03. The molecular formula is C11H10BrFO4. The molecule has 6 heteroatoms. The number of alkyl halides is 1. The van der Waals surface area contributed by atoms with Gasteiger partial charge in [0, 0.05) is 0 Å². The van der Waals surface area contributed by atoms with Gasteiger partial charge in [0.15, 0.2) is 0 Å². The molecule has 1 aromatic carbocycles. The Morgan fingerprint density at radius 1 is 1.29 bits per heavy atom. The van der Waals surface area contributed by atoms with E-state index in [9.17, 15) is 14.0 Å². The summed E-state index contributed by atoms with van der Waals surface area (Å²) in [6, 6.07) is 3.50. The summed E-state index contributed by atoms with van der Waals surface area (Å²) in [7, 11) is 2.40. The third-order valence-corrected chi connectivity index (χ3v) is 2.97. The Bertz CT molecular complexity index is 447. The number of carbonyl (C=O) groups is 2. The van der Waals surface area contributed by atoms with Crippen molar-refractivity contribution in [1.82, 2.24) is 0 Å². The van der Waals surface area contributed by atoms with Gasteiger partial charge in [-0.25, -0.2) is 9.18 Å². The van der Waals surface area contributed by atoms with Gasteiger partial charge in [-0.2, -0.15) is 0 Å². The average Bonchev–Trinajstić information content (AvgIpc) is 2.35. The van der Waals surface area contributed by atoms with Crippen molar-refractivity contribution in [3.8, 4) is 0 Å². The predicted molar refractivity (Wildman–Crippen MR) is 61.4 cm³/mol. The molecule has 0 heterocycles. The smallest absolute Gasteiger partial charge is 0.338 e. The Balaban J connectivity index is 3.23. The van der Waals surface area contributed by atoms with Crippen LogP contribution < -0.4 is 0 Å². The van der Waals surface area contributed by atoms with Crippen molar-refractivity contribution < 1.29 is 23.5 Å². The highest BCUT2D eigenvalue weighted by molar-refractivity contribution is 9.09. The quantitative estimate of drug-likeness (QED) is 0.635. The van der Waals surface area contributed by atoms with E-state index in [-0.39, 0.29) is 5.56 Å². The standard InChI is InChI=1S/C11H10BrFO4/c1-16-10(14)8-5-6(13)3-4-7(8)9(12)11(15)17-2/h3-5,9H,1-2H3. The molecule has 0 aromatic heterocycles. The van der Waals surface area contributed by atoms with Crippen LogP contribution in [-0.4, -0.2) is 26.2 Å². The first-order valence-electron chi connectivity index (χ1n) is 4.61. The van der Waals surface area contributed by atoms with E-state index in [2.05, 4.69) is 25.4 Å². The molecule has 0 spiro atoms. The highest BCUT2D eigenvalue weighted by Gasteiger charge is 2.24. The van der Waals surface area contributed by atoms with Crippen molar-refractivity contribution in [2.24, 2.45) is 0 Å². The Kier molecular flexibility index (Phi) is 4.62. The fourth-order valence-electron chi connectivity index (χ4n) is 1.27. The molecule has 1 atom stereocenters. The minimum absolute atomic E-state index is 0.0141. The van der Waals surface area contributed by atoms with E-state index in [0.717, 1.165) is 12.1 Å². The van der Waals surface area contributed by atoms with Gasteiger partial charge in [0.1, 0.15) is 10.6 Å². The summed E-state index contributed by atoms with van der Waals surface area (Å²) in [4.78, 5) is 21.9. The first kappa shape index (κ1) is 13.6. The summed E-state index contributed by atoms with van der Waals surface area (Å²) in [5.74, 6) is -1.88. The second-order valence-electron chi connectivity index (χ2n) is 3.11. The van der Waals surface area contributed by atoms with Gasteiger partial charge in [-0.15, -0.1) is 0 Å². The molecular weight excluding hydrogens is 295 g/mol. The van der Waals surface area contributed by atoms with E-state index in [1.165, 1.54) is 20.3 Å². The lowest BCUT2D eigenvalue weighted by molar-refractivity contribution is -0.139. The van der Waals surface area contributed by atoms with Crippen LogP contribution in [0.25, 0.3) is 0 Å². The van der Waals surface area contributed by atoms with Gasteiger partial charge < -0.3 is 9.47 Å². The SMILES string of the molecule is COC(=O)c1cc(F)ccc1C(Br)C(=O)OC. The maximum atomic E-state index is 13.1. The van der Waals surface area contributed by atoms with Crippen LogP contribution in [0.1, 0.15) is 20.7 Å². The second kappa shape index (κ2) is 5.77. The molecule has 0 radical (unpaired) electrons. The molecule has 92 valence electrons. The van der Waals surface area contributed by atoms with E-state index in [1.54, 1.807) is 0 Å². The monoisotopic (exact) mass is 304 g/mol. The van der Waals surface area contributed by atoms with Crippen LogP contribution in [0.15, 0.2) is 18.2 Å². The summed E-state index contributed by atoms with van der Waals surface area (Å²) in [5.41, 5.74) is 0.282. The lowest BCUT2D eigenvalue weighted by Gasteiger charge is -2.12. The van der Waals surface area contributed by atoms with Gasteiger partial charge in [0.25, 0.3) is 0 Å². The summed E-state index contributed by atoms with van der Waals surface area (Å²) in [6.07, 6.45) is 0. The predicted octanol–water partition coefficient (Wildman–Crippen LogP) is 2.22. The zero-order valence-corrected chi connectivity index (χ0v) is 10.8. The molecule has 0 fully saturated rings. The lowest BCUT2D eigenvalue weighted by atomic mass is 10.0. The Labute approximate surface area is 106 Å². The van der Waals surface area contributed by atoms with Crippen LogP contribution in [0.3, 0.4) is 0 Å². The number of rotatable bonds is 3. The molecule has 0 aliphatic rings. The maximum absolute atomic E-state index is 13.1. The second-order valence-corrected chi connectivity index (χ2v) is 4.02. The van der Waals surface area contributed by atoms with Crippen molar-refractivity contribution in [1.29, 1.82) is 0 Å². The van der Waals surface area contributed by atoms with E-state index in [0.29, 0.717) is 5.56 Å². The summed E-state index contributed by atoms with van der Waals surface area (Å²) in [6.45, 7) is 0. The van der Waals surface area contributed by atoms with Crippen LogP contribution in [0.5, 0.6) is 0 Å². The van der Waals surface area contributed by atoms with Gasteiger partial charge in [-0.1, -0.05) is 22.0 Å². The summed E-state index contributed by atoms with van der Waals surface area (Å²) >= 11 is 3.08. The normalized spacial score (nSPS) is 11.8. The van der Waals surface area contributed by atoms with Crippen molar-refractivity contribution >= 4 is 27.9 Å². The zero-order chi connectivity index (χ0) is 13.0. The Hall–Kier alpha value is -1.43. The highest BCUT2D eigenvalue weighted by atomic mass is 79.9. The van der Waals surface area contributed by atoms with Gasteiger partial charge in [0.2, 0.25) is 0 Å². The molecule has 1 unspecified atom stereocenters. The fourth-order valence-corrected chi connectivity index (χ4v) is 1.85. The molecule has 0 aliphatic heterocycles. The van der Waals surface area contributed by atoms with Crippen LogP contribution in [0.2, 0.25) is 0 Å². The van der Waals surface area contributed by atoms with Crippen LogP contribution in [-0.2, 0) is 14.3 Å². The molecule has 1 aromatic rings. The summed E-state index contributed by atoms with van der Waals surface area (Å²) < 4.78 is 22.1. The number of benzene rings is 1. The minimum Gasteiger partial charge on any atom is -0.468 e. The van der Waals surface area contributed by atoms with Crippen LogP contribution in [0, 0.1) is 5.82 Å². The molecule has 0 amide bonds. The van der Waals surface area contributed by atoms with Crippen molar-refractivity contribution in [3.63, 3.8) is 0 Å². The minimum atomic E-state index is -0.845. The van der Waals surface area contributed by atoms with Gasteiger partial charge in [0.05, 0.1) is 19.8 Å². The zero-order valence-electron chi connectivity index (χ0n) is 9.20. The van der Waals surface area contributed by atoms with Crippen molar-refractivity contribution in [3.05, 3.63) is 35.1 Å². The maximum Gasteiger partial charge on any atom is 0.338 e. The van der Waals surface area contributed by atoms with Gasteiger partial charge >= 0.3 is 11.9 Å². The number of hydrogen-bond acceptors (Lipinski definition) is 4. The van der Waals surface area contributed by atoms with Gasteiger partial charge in [-0.05, 0) is 17.7 Å². The summed E-state index contributed by atoms with van der Waals surface area (Å²) in [5, 5.41) is 0. The van der Waals surface area contributed by atoms with Crippen molar-refractivity contribution in [2.75, 3.05) is 14.2 Å². The molecule has 4 nitrogen and oxygen atoms in total. The number of carbonyl (C=O) groups excluding carboxylic acids is 2. The average molecular weight is 305 g/mol. The van der Waals surface area contributed by atoms with Crippen molar-refractivity contribution in [2.45, 2.75) is 4.83 Å². The molecule has 0 N–H and O–H groups in total. The van der Waals surface area contributed by atoms with Gasteiger partial charge in [-0.3, -0.25) is 4.79 Å². The Morgan fingerprint density at radius 3 is 2.47 bits per heavy atom. The fraction of sp³-hybridized carbons (Fsp3) is 0.273. The first-order chi connectivity index (χ1) is 8.01. The molecule has 0 bridgehead atoms. The third-order valence-electron chi connectivity index (χ3n) is 2.10. The molecule has 0 aliphatic carbocycles. The molecule has 1 rings (SSSR count). The van der Waals surface area contributed by atoms with Crippen LogP contribution in [0.4, 0.5) is 4.39 Å². The topological polar surface area (TPSA) is 52.6 Å². The Morgan fingerprint density at radius 2 is 1.94 bits per heavy atom. The van der Waals surface area contributed by atoms with Crippen LogP contribution >= 0.6 is 15.9 Å². The number of ether oxygens (including phenoxy) is 2. The number of methoxy groups -OCH3 is 2. The molecule has 17 heavy (non-hydrogen) atoms. The number of halogens is 2. The number of hydrogen-bond donors (Lipinski definition) is 0. The van der Waals surface area contributed by atoms with E-state index < -0.39 is 22.6 Å². The highest BCUT2D eigenvalue weighted by Crippen LogP contribution is 2.28. The number of esters is 2. The molecule has 0 saturated carbocycles. The lowest BCUT2D eigenvalue weighted by Crippen LogP contribution is -2.14. The largest absolute Gasteiger partial charge is 0.468 e. The first-order valence-corrected chi connectivity index (χ1v) is 5.52. The van der Waals surface area contributed by atoms with E-state index >= 15 is 0 Å². The molecule has 0 saturated heterocycles. The van der Waals surface area contributed by atoms with E-state index in [1.807, 2.05) is 0 Å². The van der Waals surface area contributed by atoms with E-state index in [4.69, 9.17) is 0 Å².